The van der Waals surface area contributed by atoms with E-state index in [1.165, 1.54) is 0 Å². The molecular weight excluding hydrogens is 260 g/mol. The first-order valence-corrected chi connectivity index (χ1v) is 6.97. The summed E-state index contributed by atoms with van der Waals surface area (Å²) >= 11 is 6.44. The predicted molar refractivity (Wildman–Crippen MR) is 77.4 cm³/mol. The minimum Gasteiger partial charge on any atom is -0.392 e. The Morgan fingerprint density at radius 2 is 2.21 bits per heavy atom. The van der Waals surface area contributed by atoms with Gasteiger partial charge in [0.15, 0.2) is 0 Å². The van der Waals surface area contributed by atoms with Gasteiger partial charge in [0.25, 0.3) is 0 Å². The lowest BCUT2D eigenvalue weighted by Gasteiger charge is -2.17. The molecule has 1 aromatic carbocycles. The molecule has 3 rings (SSSR count). The van der Waals surface area contributed by atoms with E-state index in [2.05, 4.69) is 9.88 Å². The van der Waals surface area contributed by atoms with Crippen LogP contribution in [0, 0.1) is 6.92 Å². The third-order valence-corrected chi connectivity index (χ3v) is 4.27. The number of hydrogen-bond donors (Lipinski definition) is 1. The number of rotatable bonds is 2. The molecule has 0 saturated carbocycles. The molecule has 0 bridgehead atoms. The molecule has 19 heavy (non-hydrogen) atoms. The minimum absolute atomic E-state index is 0.208. The number of aromatic nitrogens is 1. The standard InChI is InChI=1S/C15H17ClN2O/c1-10-12-4-2-3-5-13(12)17-14(15(10)16)9-18-7-6-11(19)8-18/h2-5,11,19H,6-9H2,1H3. The Morgan fingerprint density at radius 3 is 2.95 bits per heavy atom. The summed E-state index contributed by atoms with van der Waals surface area (Å²) in [6.07, 6.45) is 0.629. The summed E-state index contributed by atoms with van der Waals surface area (Å²) in [6.45, 7) is 4.37. The van der Waals surface area contributed by atoms with Crippen molar-refractivity contribution in [1.82, 2.24) is 9.88 Å². The third kappa shape index (κ3) is 2.46. The van der Waals surface area contributed by atoms with Crippen LogP contribution in [0.5, 0.6) is 0 Å². The number of pyridine rings is 1. The maximum absolute atomic E-state index is 9.58. The Hall–Kier alpha value is -1.16. The number of fused-ring (bicyclic) bond motifs is 1. The molecule has 1 saturated heterocycles. The highest BCUT2D eigenvalue weighted by Gasteiger charge is 2.22. The largest absolute Gasteiger partial charge is 0.392 e. The highest BCUT2D eigenvalue weighted by atomic mass is 35.5. The fourth-order valence-electron chi connectivity index (χ4n) is 2.69. The van der Waals surface area contributed by atoms with Crippen molar-refractivity contribution in [2.75, 3.05) is 13.1 Å². The first-order chi connectivity index (χ1) is 9.15. The molecule has 0 radical (unpaired) electrons. The van der Waals surface area contributed by atoms with Crippen LogP contribution in [-0.2, 0) is 6.54 Å². The maximum Gasteiger partial charge on any atom is 0.0740 e. The minimum atomic E-state index is -0.208. The molecule has 100 valence electrons. The van der Waals surface area contributed by atoms with Gasteiger partial charge in [-0.15, -0.1) is 0 Å². The monoisotopic (exact) mass is 276 g/mol. The van der Waals surface area contributed by atoms with Gasteiger partial charge in [-0.2, -0.15) is 0 Å². The molecule has 1 unspecified atom stereocenters. The summed E-state index contributed by atoms with van der Waals surface area (Å²) in [5, 5.41) is 11.4. The number of para-hydroxylation sites is 1. The number of hydrogen-bond acceptors (Lipinski definition) is 3. The van der Waals surface area contributed by atoms with Crippen LogP contribution in [0.4, 0.5) is 0 Å². The van der Waals surface area contributed by atoms with E-state index in [-0.39, 0.29) is 6.10 Å². The predicted octanol–water partition coefficient (Wildman–Crippen LogP) is 2.76. The first-order valence-electron chi connectivity index (χ1n) is 6.59. The number of likely N-dealkylation sites (tertiary alicyclic amines) is 1. The van der Waals surface area contributed by atoms with E-state index in [1.54, 1.807) is 0 Å². The smallest absolute Gasteiger partial charge is 0.0740 e. The SMILES string of the molecule is Cc1c(Cl)c(CN2CCC(O)C2)nc2ccccc12. The maximum atomic E-state index is 9.58. The molecule has 1 N–H and O–H groups in total. The van der Waals surface area contributed by atoms with Gasteiger partial charge in [0, 0.05) is 25.0 Å². The zero-order chi connectivity index (χ0) is 13.4. The van der Waals surface area contributed by atoms with E-state index >= 15 is 0 Å². The summed E-state index contributed by atoms with van der Waals surface area (Å²) in [4.78, 5) is 6.87. The van der Waals surface area contributed by atoms with Gasteiger partial charge in [0.2, 0.25) is 0 Å². The normalized spacial score (nSPS) is 20.3. The van der Waals surface area contributed by atoms with Gasteiger partial charge in [0.05, 0.1) is 22.3 Å². The number of β-amino-alcohol motifs (C(OH)–C–C–N with tert-alkyl or cyclic N) is 1. The van der Waals surface area contributed by atoms with Crippen LogP contribution in [0.3, 0.4) is 0 Å². The first kappa shape index (κ1) is 12.9. The van der Waals surface area contributed by atoms with E-state index < -0.39 is 0 Å². The third-order valence-electron chi connectivity index (χ3n) is 3.77. The van der Waals surface area contributed by atoms with E-state index in [4.69, 9.17) is 11.6 Å². The van der Waals surface area contributed by atoms with Crippen molar-refractivity contribution >= 4 is 22.5 Å². The van der Waals surface area contributed by atoms with Gasteiger partial charge >= 0.3 is 0 Å². The molecule has 2 aromatic rings. The van der Waals surface area contributed by atoms with Gasteiger partial charge in [-0.25, -0.2) is 4.98 Å². The Bertz CT molecular complexity index is 614. The summed E-state index contributed by atoms with van der Waals surface area (Å²) in [5.41, 5.74) is 2.98. The van der Waals surface area contributed by atoms with Gasteiger partial charge in [0.1, 0.15) is 0 Å². The van der Waals surface area contributed by atoms with E-state index in [9.17, 15) is 5.11 Å². The zero-order valence-electron chi connectivity index (χ0n) is 10.9. The topological polar surface area (TPSA) is 36.4 Å². The molecule has 1 aliphatic heterocycles. The Morgan fingerprint density at radius 1 is 1.42 bits per heavy atom. The fourth-order valence-corrected chi connectivity index (χ4v) is 2.89. The molecule has 0 spiro atoms. The van der Waals surface area contributed by atoms with E-state index in [0.717, 1.165) is 40.1 Å². The number of halogens is 1. The lowest BCUT2D eigenvalue weighted by molar-refractivity contribution is 0.174. The van der Waals surface area contributed by atoms with Crippen molar-refractivity contribution in [1.29, 1.82) is 0 Å². The summed E-state index contributed by atoms with van der Waals surface area (Å²) in [7, 11) is 0. The summed E-state index contributed by atoms with van der Waals surface area (Å²) in [6, 6.07) is 8.06. The average Bonchev–Trinajstić information content (AvgIpc) is 2.81. The molecule has 0 aliphatic carbocycles. The van der Waals surface area contributed by atoms with Crippen LogP contribution in [-0.4, -0.2) is 34.2 Å². The summed E-state index contributed by atoms with van der Waals surface area (Å²) in [5.74, 6) is 0. The molecule has 2 heterocycles. The second-order valence-corrected chi connectivity index (χ2v) is 5.57. The molecule has 4 heteroatoms. The van der Waals surface area contributed by atoms with Crippen LogP contribution in [0.1, 0.15) is 17.7 Å². The zero-order valence-corrected chi connectivity index (χ0v) is 11.7. The van der Waals surface area contributed by atoms with Gasteiger partial charge < -0.3 is 5.11 Å². The summed E-state index contributed by atoms with van der Waals surface area (Å²) < 4.78 is 0. The van der Waals surface area contributed by atoms with Crippen molar-refractivity contribution in [3.05, 3.63) is 40.5 Å². The number of aliphatic hydroxyl groups excluding tert-OH is 1. The highest BCUT2D eigenvalue weighted by Crippen LogP contribution is 2.28. The number of benzene rings is 1. The number of nitrogens with zero attached hydrogens (tertiary/aromatic N) is 2. The molecule has 1 aromatic heterocycles. The van der Waals surface area contributed by atoms with E-state index in [1.807, 2.05) is 31.2 Å². The fraction of sp³-hybridized carbons (Fsp3) is 0.400. The Kier molecular flexibility index (Phi) is 3.44. The van der Waals surface area contributed by atoms with E-state index in [0.29, 0.717) is 13.1 Å². The van der Waals surface area contributed by atoms with Gasteiger partial charge in [-0.3, -0.25) is 4.90 Å². The highest BCUT2D eigenvalue weighted by molar-refractivity contribution is 6.32. The lowest BCUT2D eigenvalue weighted by atomic mass is 10.1. The average molecular weight is 277 g/mol. The van der Waals surface area contributed by atoms with Crippen molar-refractivity contribution in [2.24, 2.45) is 0 Å². The van der Waals surface area contributed by atoms with Crippen LogP contribution in [0.25, 0.3) is 10.9 Å². The van der Waals surface area contributed by atoms with Crippen molar-refractivity contribution in [3.63, 3.8) is 0 Å². The second-order valence-electron chi connectivity index (χ2n) is 5.19. The molecule has 3 nitrogen and oxygen atoms in total. The second kappa shape index (κ2) is 5.08. The van der Waals surface area contributed by atoms with Gasteiger partial charge in [-0.05, 0) is 25.0 Å². The van der Waals surface area contributed by atoms with Crippen LogP contribution in [0.2, 0.25) is 5.02 Å². The molecule has 1 fully saturated rings. The number of aryl methyl sites for hydroxylation is 1. The Balaban J connectivity index is 1.97. The van der Waals surface area contributed by atoms with Crippen molar-refractivity contribution < 1.29 is 5.11 Å². The van der Waals surface area contributed by atoms with Crippen LogP contribution >= 0.6 is 11.6 Å². The van der Waals surface area contributed by atoms with Crippen molar-refractivity contribution in [2.45, 2.75) is 26.0 Å². The quantitative estimate of drug-likeness (QED) is 0.916. The molecule has 1 atom stereocenters. The molecule has 0 amide bonds. The van der Waals surface area contributed by atoms with Crippen LogP contribution < -0.4 is 0 Å². The lowest BCUT2D eigenvalue weighted by Crippen LogP contribution is -2.22. The molecule has 1 aliphatic rings. The van der Waals surface area contributed by atoms with Gasteiger partial charge in [-0.1, -0.05) is 29.8 Å². The molecular formula is C15H17ClN2O. The van der Waals surface area contributed by atoms with Crippen LogP contribution in [0.15, 0.2) is 24.3 Å². The number of aliphatic hydroxyl groups is 1. The van der Waals surface area contributed by atoms with Crippen molar-refractivity contribution in [3.8, 4) is 0 Å². The Labute approximate surface area is 117 Å².